The van der Waals surface area contributed by atoms with Crippen molar-refractivity contribution >= 4 is 5.97 Å². The van der Waals surface area contributed by atoms with E-state index in [1.807, 2.05) is 0 Å². The van der Waals surface area contributed by atoms with E-state index in [0.29, 0.717) is 13.2 Å². The molecule has 1 fully saturated rings. The van der Waals surface area contributed by atoms with E-state index in [0.717, 1.165) is 32.2 Å². The molecule has 2 unspecified atom stereocenters. The molecule has 4 heteroatoms. The smallest absolute Gasteiger partial charge is 0.335 e. The highest BCUT2D eigenvalue weighted by atomic mass is 16.6. The van der Waals surface area contributed by atoms with Crippen molar-refractivity contribution in [1.29, 1.82) is 0 Å². The second-order valence-electron chi connectivity index (χ2n) is 4.19. The minimum Gasteiger partial charge on any atom is -0.462 e. The Labute approximate surface area is 97.7 Å². The summed E-state index contributed by atoms with van der Waals surface area (Å²) in [5.41, 5.74) is 0. The molecule has 0 aromatic rings. The molecule has 0 spiro atoms. The summed E-state index contributed by atoms with van der Waals surface area (Å²) in [5.74, 6) is -0.200. The number of carbonyl (C=O) groups excluding carboxylic acids is 1. The molecule has 0 aromatic carbocycles. The van der Waals surface area contributed by atoms with Crippen molar-refractivity contribution < 1.29 is 14.3 Å². The maximum absolute atomic E-state index is 11.6. The van der Waals surface area contributed by atoms with Gasteiger partial charge in [0, 0.05) is 12.6 Å². The molecule has 0 aliphatic carbocycles. The Hall–Kier alpha value is -0.610. The third-order valence-corrected chi connectivity index (χ3v) is 2.80. The zero-order valence-corrected chi connectivity index (χ0v) is 10.3. The fourth-order valence-electron chi connectivity index (χ4n) is 1.71. The van der Waals surface area contributed by atoms with E-state index in [4.69, 9.17) is 9.47 Å². The van der Waals surface area contributed by atoms with Crippen molar-refractivity contribution in [3.8, 4) is 0 Å². The Morgan fingerprint density at radius 1 is 1.56 bits per heavy atom. The predicted octanol–water partition coefficient (Wildman–Crippen LogP) is 1.49. The standard InChI is InChI=1S/C12H23NO3/c1-3-7-13-10(4-2)9-16-12(14)11-6-5-8-15-11/h10-11,13H,3-9H2,1-2H3. The third kappa shape index (κ3) is 4.49. The monoisotopic (exact) mass is 229 g/mol. The largest absolute Gasteiger partial charge is 0.462 e. The molecular weight excluding hydrogens is 206 g/mol. The summed E-state index contributed by atoms with van der Waals surface area (Å²) < 4.78 is 10.5. The maximum atomic E-state index is 11.6. The number of hydrogen-bond donors (Lipinski definition) is 1. The lowest BCUT2D eigenvalue weighted by Crippen LogP contribution is -2.36. The summed E-state index contributed by atoms with van der Waals surface area (Å²) in [7, 11) is 0. The second-order valence-corrected chi connectivity index (χ2v) is 4.19. The average Bonchev–Trinajstić information content (AvgIpc) is 2.82. The van der Waals surface area contributed by atoms with Crippen LogP contribution >= 0.6 is 0 Å². The predicted molar refractivity (Wildman–Crippen MR) is 62.3 cm³/mol. The molecule has 0 radical (unpaired) electrons. The van der Waals surface area contributed by atoms with E-state index in [1.54, 1.807) is 0 Å². The molecule has 1 aliphatic heterocycles. The SMILES string of the molecule is CCCNC(CC)COC(=O)C1CCCO1. The molecule has 94 valence electrons. The lowest BCUT2D eigenvalue weighted by molar-refractivity contribution is -0.155. The summed E-state index contributed by atoms with van der Waals surface area (Å²) in [6, 6.07) is 0.269. The number of ether oxygens (including phenoxy) is 2. The summed E-state index contributed by atoms with van der Waals surface area (Å²) in [6.45, 7) is 6.32. The van der Waals surface area contributed by atoms with Crippen LogP contribution in [0.2, 0.25) is 0 Å². The normalized spacial score (nSPS) is 22.0. The highest BCUT2D eigenvalue weighted by Gasteiger charge is 2.25. The number of carbonyl (C=O) groups is 1. The van der Waals surface area contributed by atoms with Gasteiger partial charge in [-0.3, -0.25) is 0 Å². The number of nitrogens with one attached hydrogen (secondary N) is 1. The molecule has 1 saturated heterocycles. The maximum Gasteiger partial charge on any atom is 0.335 e. The highest BCUT2D eigenvalue weighted by molar-refractivity contribution is 5.74. The molecule has 0 amide bonds. The quantitative estimate of drug-likeness (QED) is 0.672. The first-order chi connectivity index (χ1) is 7.77. The second kappa shape index (κ2) is 7.63. The van der Waals surface area contributed by atoms with Gasteiger partial charge in [-0.15, -0.1) is 0 Å². The van der Waals surface area contributed by atoms with E-state index in [2.05, 4.69) is 19.2 Å². The van der Waals surface area contributed by atoms with E-state index < -0.39 is 0 Å². The first-order valence-electron chi connectivity index (χ1n) is 6.29. The molecule has 4 nitrogen and oxygen atoms in total. The lowest BCUT2D eigenvalue weighted by Gasteiger charge is -2.17. The molecule has 1 N–H and O–H groups in total. The minimum atomic E-state index is -0.316. The van der Waals surface area contributed by atoms with Gasteiger partial charge in [-0.2, -0.15) is 0 Å². The molecule has 1 aliphatic rings. The Kier molecular flexibility index (Phi) is 6.42. The van der Waals surface area contributed by atoms with Crippen molar-refractivity contribution in [2.75, 3.05) is 19.8 Å². The Bertz CT molecular complexity index is 202. The average molecular weight is 229 g/mol. The van der Waals surface area contributed by atoms with Gasteiger partial charge in [0.1, 0.15) is 6.61 Å². The van der Waals surface area contributed by atoms with E-state index in [1.165, 1.54) is 0 Å². The van der Waals surface area contributed by atoms with Gasteiger partial charge < -0.3 is 14.8 Å². The van der Waals surface area contributed by atoms with Crippen LogP contribution in [-0.2, 0) is 14.3 Å². The molecule has 1 rings (SSSR count). The number of esters is 1. The highest BCUT2D eigenvalue weighted by Crippen LogP contribution is 2.13. The van der Waals surface area contributed by atoms with Crippen LogP contribution in [0.5, 0.6) is 0 Å². The van der Waals surface area contributed by atoms with Crippen LogP contribution in [0.1, 0.15) is 39.5 Å². The summed E-state index contributed by atoms with van der Waals surface area (Å²) in [4.78, 5) is 11.6. The Morgan fingerprint density at radius 2 is 2.38 bits per heavy atom. The van der Waals surface area contributed by atoms with E-state index >= 15 is 0 Å². The first kappa shape index (κ1) is 13.5. The molecular formula is C12H23NO3. The van der Waals surface area contributed by atoms with E-state index in [-0.39, 0.29) is 18.1 Å². The molecule has 16 heavy (non-hydrogen) atoms. The fraction of sp³-hybridized carbons (Fsp3) is 0.917. The lowest BCUT2D eigenvalue weighted by atomic mass is 10.2. The molecule has 0 bridgehead atoms. The van der Waals surface area contributed by atoms with Gasteiger partial charge in [0.25, 0.3) is 0 Å². The van der Waals surface area contributed by atoms with Crippen LogP contribution < -0.4 is 5.32 Å². The van der Waals surface area contributed by atoms with Crippen LogP contribution in [0.15, 0.2) is 0 Å². The topological polar surface area (TPSA) is 47.6 Å². The van der Waals surface area contributed by atoms with Gasteiger partial charge in [0.2, 0.25) is 0 Å². The van der Waals surface area contributed by atoms with Gasteiger partial charge >= 0.3 is 5.97 Å². The molecule has 2 atom stereocenters. The molecule has 0 saturated carbocycles. The summed E-state index contributed by atoms with van der Waals surface area (Å²) >= 11 is 0. The van der Waals surface area contributed by atoms with Gasteiger partial charge in [-0.05, 0) is 32.2 Å². The zero-order valence-electron chi connectivity index (χ0n) is 10.3. The zero-order chi connectivity index (χ0) is 11.8. The summed E-state index contributed by atoms with van der Waals surface area (Å²) in [6.07, 6.45) is 3.52. The van der Waals surface area contributed by atoms with Crippen LogP contribution in [0, 0.1) is 0 Å². The van der Waals surface area contributed by atoms with Gasteiger partial charge in [-0.25, -0.2) is 4.79 Å². The minimum absolute atomic E-state index is 0.200. The fourth-order valence-corrected chi connectivity index (χ4v) is 1.71. The van der Waals surface area contributed by atoms with E-state index in [9.17, 15) is 4.79 Å². The van der Waals surface area contributed by atoms with Gasteiger partial charge in [0.05, 0.1) is 0 Å². The van der Waals surface area contributed by atoms with Crippen molar-refractivity contribution in [3.05, 3.63) is 0 Å². The Morgan fingerprint density at radius 3 is 2.94 bits per heavy atom. The number of rotatable bonds is 7. The van der Waals surface area contributed by atoms with Crippen molar-refractivity contribution in [2.45, 2.75) is 51.7 Å². The molecule has 0 aromatic heterocycles. The van der Waals surface area contributed by atoms with Crippen LogP contribution in [0.4, 0.5) is 0 Å². The van der Waals surface area contributed by atoms with Gasteiger partial charge in [-0.1, -0.05) is 13.8 Å². The Balaban J connectivity index is 2.17. The van der Waals surface area contributed by atoms with Crippen molar-refractivity contribution in [1.82, 2.24) is 5.32 Å². The third-order valence-electron chi connectivity index (χ3n) is 2.80. The van der Waals surface area contributed by atoms with Crippen LogP contribution in [-0.4, -0.2) is 37.9 Å². The summed E-state index contributed by atoms with van der Waals surface area (Å²) in [5, 5.41) is 3.35. The first-order valence-corrected chi connectivity index (χ1v) is 6.29. The number of hydrogen-bond acceptors (Lipinski definition) is 4. The van der Waals surface area contributed by atoms with Gasteiger partial charge in [0.15, 0.2) is 6.10 Å². The van der Waals surface area contributed by atoms with Crippen molar-refractivity contribution in [3.63, 3.8) is 0 Å². The van der Waals surface area contributed by atoms with Crippen LogP contribution in [0.3, 0.4) is 0 Å². The van der Waals surface area contributed by atoms with Crippen molar-refractivity contribution in [2.24, 2.45) is 0 Å². The molecule has 1 heterocycles. The van der Waals surface area contributed by atoms with Crippen LogP contribution in [0.25, 0.3) is 0 Å².